The molecule has 2 aromatic rings. The molecule has 184 valence electrons. The van der Waals surface area contributed by atoms with Crippen LogP contribution in [0.25, 0.3) is 0 Å². The molecule has 0 radical (unpaired) electrons. The SMILES string of the molecule is Cc1cccc(O[C@@H]2CCN(C3(C(=O)N[C@@H](C)c4ccc(C(=O)O)cc4)CCOCC3)C2)c1.Cl. The summed E-state index contributed by atoms with van der Waals surface area (Å²) >= 11 is 0. The van der Waals surface area contributed by atoms with Crippen LogP contribution in [0.4, 0.5) is 0 Å². The number of carboxylic acids is 1. The molecule has 2 atom stereocenters. The number of carbonyl (C=O) groups excluding carboxylic acids is 1. The Kier molecular flexibility index (Phi) is 8.57. The Labute approximate surface area is 206 Å². The largest absolute Gasteiger partial charge is 0.489 e. The summed E-state index contributed by atoms with van der Waals surface area (Å²) in [6.45, 7) is 6.57. The second-order valence-electron chi connectivity index (χ2n) is 9.06. The minimum atomic E-state index is -0.962. The first-order valence-electron chi connectivity index (χ1n) is 11.6. The maximum atomic E-state index is 13.6. The molecule has 4 rings (SSSR count). The number of likely N-dealkylation sites (tertiary alicyclic amines) is 1. The van der Waals surface area contributed by atoms with Gasteiger partial charge < -0.3 is 19.9 Å². The number of aryl methyl sites for hydroxylation is 1. The lowest BCUT2D eigenvalue weighted by Gasteiger charge is -2.43. The van der Waals surface area contributed by atoms with Crippen molar-refractivity contribution in [2.24, 2.45) is 0 Å². The lowest BCUT2D eigenvalue weighted by molar-refractivity contribution is -0.140. The van der Waals surface area contributed by atoms with Crippen molar-refractivity contribution >= 4 is 24.3 Å². The maximum Gasteiger partial charge on any atom is 0.335 e. The summed E-state index contributed by atoms with van der Waals surface area (Å²) < 4.78 is 11.8. The van der Waals surface area contributed by atoms with Crippen LogP contribution in [-0.4, -0.2) is 59.8 Å². The van der Waals surface area contributed by atoms with E-state index >= 15 is 0 Å². The zero-order valence-electron chi connectivity index (χ0n) is 19.7. The first-order valence-corrected chi connectivity index (χ1v) is 11.6. The molecular formula is C26H33ClN2O5. The van der Waals surface area contributed by atoms with Gasteiger partial charge in [0.15, 0.2) is 0 Å². The highest BCUT2D eigenvalue weighted by atomic mass is 35.5. The van der Waals surface area contributed by atoms with Crippen LogP contribution < -0.4 is 10.1 Å². The summed E-state index contributed by atoms with van der Waals surface area (Å²) in [5.74, 6) is -0.0987. The van der Waals surface area contributed by atoms with Crippen molar-refractivity contribution in [1.82, 2.24) is 10.2 Å². The van der Waals surface area contributed by atoms with Crippen LogP contribution in [0.15, 0.2) is 48.5 Å². The molecule has 2 fully saturated rings. The maximum absolute atomic E-state index is 13.6. The fraction of sp³-hybridized carbons (Fsp3) is 0.462. The number of hydrogen-bond acceptors (Lipinski definition) is 5. The van der Waals surface area contributed by atoms with Gasteiger partial charge in [0.1, 0.15) is 17.4 Å². The second kappa shape index (κ2) is 11.2. The fourth-order valence-electron chi connectivity index (χ4n) is 4.82. The Morgan fingerprint density at radius 3 is 2.53 bits per heavy atom. The number of carbonyl (C=O) groups is 2. The quantitative estimate of drug-likeness (QED) is 0.612. The highest BCUT2D eigenvalue weighted by Crippen LogP contribution is 2.33. The second-order valence-corrected chi connectivity index (χ2v) is 9.06. The lowest BCUT2D eigenvalue weighted by Crippen LogP contribution is -2.61. The Morgan fingerprint density at radius 1 is 1.18 bits per heavy atom. The average molecular weight is 489 g/mol. The van der Waals surface area contributed by atoms with E-state index in [0.29, 0.717) is 32.6 Å². The van der Waals surface area contributed by atoms with E-state index < -0.39 is 11.5 Å². The highest BCUT2D eigenvalue weighted by Gasteiger charge is 2.48. The number of rotatable bonds is 7. The van der Waals surface area contributed by atoms with Crippen LogP contribution in [0, 0.1) is 6.92 Å². The summed E-state index contributed by atoms with van der Waals surface area (Å²) in [6, 6.07) is 14.5. The van der Waals surface area contributed by atoms with E-state index in [1.807, 2.05) is 38.1 Å². The zero-order chi connectivity index (χ0) is 23.4. The molecule has 2 aliphatic rings. The van der Waals surface area contributed by atoms with Crippen molar-refractivity contribution in [3.05, 3.63) is 65.2 Å². The van der Waals surface area contributed by atoms with Gasteiger partial charge in [0.05, 0.1) is 11.6 Å². The average Bonchev–Trinajstić information content (AvgIpc) is 3.28. The van der Waals surface area contributed by atoms with Gasteiger partial charge in [-0.3, -0.25) is 9.69 Å². The molecule has 7 nitrogen and oxygen atoms in total. The van der Waals surface area contributed by atoms with Gasteiger partial charge in [-0.1, -0.05) is 24.3 Å². The monoisotopic (exact) mass is 488 g/mol. The van der Waals surface area contributed by atoms with Crippen molar-refractivity contribution in [3.63, 3.8) is 0 Å². The van der Waals surface area contributed by atoms with E-state index in [1.54, 1.807) is 24.3 Å². The molecule has 2 aromatic carbocycles. The number of aromatic carboxylic acids is 1. The zero-order valence-corrected chi connectivity index (χ0v) is 20.5. The Bertz CT molecular complexity index is 991. The van der Waals surface area contributed by atoms with E-state index in [0.717, 1.165) is 29.8 Å². The molecule has 8 heteroatoms. The molecule has 0 spiro atoms. The van der Waals surface area contributed by atoms with Crippen LogP contribution in [-0.2, 0) is 9.53 Å². The molecule has 0 unspecified atom stereocenters. The smallest absolute Gasteiger partial charge is 0.335 e. The number of halogens is 1. The van der Waals surface area contributed by atoms with Crippen LogP contribution in [0.2, 0.25) is 0 Å². The van der Waals surface area contributed by atoms with Crippen molar-refractivity contribution < 1.29 is 24.2 Å². The van der Waals surface area contributed by atoms with Crippen LogP contribution >= 0.6 is 12.4 Å². The first kappa shape index (κ1) is 26.0. The molecule has 2 heterocycles. The van der Waals surface area contributed by atoms with Gasteiger partial charge in [0, 0.05) is 26.3 Å². The van der Waals surface area contributed by atoms with E-state index in [4.69, 9.17) is 14.6 Å². The molecular weight excluding hydrogens is 456 g/mol. The molecule has 1 amide bonds. The Balaban J connectivity index is 0.00000324. The number of nitrogens with one attached hydrogen (secondary N) is 1. The lowest BCUT2D eigenvalue weighted by atomic mass is 9.86. The van der Waals surface area contributed by atoms with Crippen LogP contribution in [0.3, 0.4) is 0 Å². The van der Waals surface area contributed by atoms with E-state index in [2.05, 4.69) is 10.2 Å². The van der Waals surface area contributed by atoms with Crippen molar-refractivity contribution in [2.45, 2.75) is 50.8 Å². The van der Waals surface area contributed by atoms with E-state index in [1.165, 1.54) is 0 Å². The minimum absolute atomic E-state index is 0. The molecule has 2 aliphatic heterocycles. The van der Waals surface area contributed by atoms with Gasteiger partial charge in [-0.2, -0.15) is 0 Å². The topological polar surface area (TPSA) is 88.1 Å². The predicted molar refractivity (Wildman–Crippen MR) is 132 cm³/mol. The van der Waals surface area contributed by atoms with E-state index in [9.17, 15) is 9.59 Å². The first-order chi connectivity index (χ1) is 15.9. The predicted octanol–water partition coefficient (Wildman–Crippen LogP) is 3.99. The van der Waals surface area contributed by atoms with Crippen molar-refractivity contribution in [2.75, 3.05) is 26.3 Å². The minimum Gasteiger partial charge on any atom is -0.489 e. The third-order valence-electron chi connectivity index (χ3n) is 6.79. The molecule has 0 bridgehead atoms. The summed E-state index contributed by atoms with van der Waals surface area (Å²) in [5, 5.41) is 12.3. The third kappa shape index (κ3) is 5.71. The summed E-state index contributed by atoms with van der Waals surface area (Å²) in [7, 11) is 0. The van der Waals surface area contributed by atoms with Gasteiger partial charge in [-0.15, -0.1) is 12.4 Å². The summed E-state index contributed by atoms with van der Waals surface area (Å²) in [4.78, 5) is 27.0. The van der Waals surface area contributed by atoms with Crippen LogP contribution in [0.1, 0.15) is 53.7 Å². The molecule has 2 N–H and O–H groups in total. The Hall–Kier alpha value is -2.61. The molecule has 0 aromatic heterocycles. The van der Waals surface area contributed by atoms with Gasteiger partial charge >= 0.3 is 5.97 Å². The van der Waals surface area contributed by atoms with Crippen molar-refractivity contribution in [3.8, 4) is 5.75 Å². The summed E-state index contributed by atoms with van der Waals surface area (Å²) in [5.41, 5.74) is 1.64. The number of nitrogens with zero attached hydrogens (tertiary/aromatic N) is 1. The van der Waals surface area contributed by atoms with Gasteiger partial charge in [-0.25, -0.2) is 4.79 Å². The fourth-order valence-corrected chi connectivity index (χ4v) is 4.82. The molecule has 34 heavy (non-hydrogen) atoms. The van der Waals surface area contributed by atoms with Crippen LogP contribution in [0.5, 0.6) is 5.75 Å². The van der Waals surface area contributed by atoms with Gasteiger partial charge in [0.25, 0.3) is 0 Å². The number of carboxylic acid groups (broad SMARTS) is 1. The standard InChI is InChI=1S/C26H32N2O5.ClH/c1-18-4-3-5-22(16-18)33-23-10-13-28(17-23)26(11-14-32-15-12-26)25(31)27-19(2)20-6-8-21(9-7-20)24(29)30;/h3-9,16,19,23H,10-15,17H2,1-2H3,(H,27,31)(H,29,30);1H/t19-,23+;/m0./s1. The molecule has 2 saturated heterocycles. The molecule has 0 saturated carbocycles. The normalized spacial score (nSPS) is 20.7. The van der Waals surface area contributed by atoms with E-state index in [-0.39, 0.29) is 36.0 Å². The number of hydrogen-bond donors (Lipinski definition) is 2. The third-order valence-corrected chi connectivity index (χ3v) is 6.79. The number of ether oxygens (including phenoxy) is 2. The van der Waals surface area contributed by atoms with Gasteiger partial charge in [-0.05, 0) is 68.5 Å². The van der Waals surface area contributed by atoms with Crippen molar-refractivity contribution in [1.29, 1.82) is 0 Å². The van der Waals surface area contributed by atoms with Gasteiger partial charge in [0.2, 0.25) is 5.91 Å². The number of benzene rings is 2. The molecule has 0 aliphatic carbocycles. The Morgan fingerprint density at radius 2 is 1.88 bits per heavy atom. The summed E-state index contributed by atoms with van der Waals surface area (Å²) in [6.07, 6.45) is 2.19. The number of amides is 1. The highest BCUT2D eigenvalue weighted by molar-refractivity contribution is 5.88.